The van der Waals surface area contributed by atoms with Crippen molar-refractivity contribution in [2.45, 2.75) is 65.6 Å². The highest BCUT2D eigenvalue weighted by atomic mass is 32.1. The second kappa shape index (κ2) is 8.83. The van der Waals surface area contributed by atoms with Crippen LogP contribution in [0.15, 0.2) is 39.2 Å². The van der Waals surface area contributed by atoms with Gasteiger partial charge in [-0.05, 0) is 67.7 Å². The highest BCUT2D eigenvalue weighted by Crippen LogP contribution is 2.21. The molecule has 1 aliphatic rings. The van der Waals surface area contributed by atoms with Crippen LogP contribution in [0.25, 0.3) is 10.2 Å². The fourth-order valence-corrected chi connectivity index (χ4v) is 5.33. The van der Waals surface area contributed by atoms with Gasteiger partial charge in [0.05, 0.1) is 12.1 Å². The molecule has 0 radical (unpaired) electrons. The van der Waals surface area contributed by atoms with E-state index in [1.807, 2.05) is 42.3 Å². The zero-order valence-corrected chi connectivity index (χ0v) is 19.2. The molecular weight excluding hydrogens is 410 g/mol. The number of nitrogens with zero attached hydrogens (tertiary/aromatic N) is 3. The van der Waals surface area contributed by atoms with Crippen LogP contribution in [-0.4, -0.2) is 32.5 Å². The van der Waals surface area contributed by atoms with Gasteiger partial charge in [0, 0.05) is 12.6 Å². The van der Waals surface area contributed by atoms with Crippen LogP contribution < -0.4 is 11.2 Å². The van der Waals surface area contributed by atoms with Crippen LogP contribution in [0.5, 0.6) is 0 Å². The zero-order valence-electron chi connectivity index (χ0n) is 18.4. The number of benzene rings is 1. The Morgan fingerprint density at radius 1 is 1.10 bits per heavy atom. The normalized spacial score (nSPS) is 16.7. The largest absolute Gasteiger partial charge is 0.338 e. The summed E-state index contributed by atoms with van der Waals surface area (Å²) < 4.78 is 3.27. The number of aryl methyl sites for hydroxylation is 2. The smallest absolute Gasteiger partial charge is 0.332 e. The number of rotatable bonds is 5. The Balaban J connectivity index is 1.74. The summed E-state index contributed by atoms with van der Waals surface area (Å²) in [6, 6.07) is 7.96. The molecule has 31 heavy (non-hydrogen) atoms. The van der Waals surface area contributed by atoms with Crippen molar-refractivity contribution in [2.75, 3.05) is 6.54 Å². The fourth-order valence-electron chi connectivity index (χ4n) is 4.49. The molecule has 1 aromatic carbocycles. The number of carbonyl (C=O) groups is 1. The molecule has 2 aromatic heterocycles. The summed E-state index contributed by atoms with van der Waals surface area (Å²) in [7, 11) is 0. The van der Waals surface area contributed by atoms with Gasteiger partial charge in [-0.2, -0.15) is 0 Å². The van der Waals surface area contributed by atoms with Gasteiger partial charge in [-0.3, -0.25) is 18.7 Å². The highest BCUT2D eigenvalue weighted by molar-refractivity contribution is 7.17. The van der Waals surface area contributed by atoms with Crippen molar-refractivity contribution in [3.8, 4) is 0 Å². The van der Waals surface area contributed by atoms with Gasteiger partial charge in [0.1, 0.15) is 11.2 Å². The Morgan fingerprint density at radius 2 is 1.90 bits per heavy atom. The van der Waals surface area contributed by atoms with Gasteiger partial charge >= 0.3 is 5.69 Å². The maximum atomic E-state index is 13.4. The third-order valence-electron chi connectivity index (χ3n) is 6.46. The predicted molar refractivity (Wildman–Crippen MR) is 125 cm³/mol. The molecule has 1 fully saturated rings. The Hall–Kier alpha value is -2.67. The second-order valence-corrected chi connectivity index (χ2v) is 9.37. The summed E-state index contributed by atoms with van der Waals surface area (Å²) in [5, 5.41) is 1.81. The fraction of sp³-hybridized carbons (Fsp3) is 0.458. The summed E-state index contributed by atoms with van der Waals surface area (Å²) in [6.45, 7) is 7.05. The lowest BCUT2D eigenvalue weighted by Gasteiger charge is -2.35. The summed E-state index contributed by atoms with van der Waals surface area (Å²) in [4.78, 5) is 41.6. The van der Waals surface area contributed by atoms with Crippen LogP contribution in [-0.2, 0) is 17.9 Å². The Bertz CT molecular complexity index is 1240. The van der Waals surface area contributed by atoms with Crippen molar-refractivity contribution < 1.29 is 4.79 Å². The van der Waals surface area contributed by atoms with Gasteiger partial charge in [-0.25, -0.2) is 4.79 Å². The minimum atomic E-state index is -0.424. The third-order valence-corrected chi connectivity index (χ3v) is 7.35. The van der Waals surface area contributed by atoms with Crippen LogP contribution in [0, 0.1) is 13.8 Å². The molecule has 0 spiro atoms. The van der Waals surface area contributed by atoms with Crippen molar-refractivity contribution in [1.29, 1.82) is 0 Å². The summed E-state index contributed by atoms with van der Waals surface area (Å²) in [5.41, 5.74) is 3.02. The van der Waals surface area contributed by atoms with Gasteiger partial charge < -0.3 is 4.90 Å². The van der Waals surface area contributed by atoms with Crippen molar-refractivity contribution >= 4 is 27.5 Å². The third kappa shape index (κ3) is 4.11. The molecule has 7 heteroatoms. The van der Waals surface area contributed by atoms with Crippen molar-refractivity contribution in [3.63, 3.8) is 0 Å². The van der Waals surface area contributed by atoms with Gasteiger partial charge in [0.15, 0.2) is 0 Å². The standard InChI is InChI=1S/C24H29N3O3S/c1-4-19-7-5-6-11-25(19)21(28)15-26-20-10-12-31-22(20)23(29)27(24(26)30)14-18-9-8-16(2)17(3)13-18/h8-10,12-13,19H,4-7,11,14-15H2,1-3H3/t19-/m1/s1. The van der Waals surface area contributed by atoms with Crippen LogP contribution in [0.3, 0.4) is 0 Å². The molecule has 6 nitrogen and oxygen atoms in total. The Morgan fingerprint density at radius 3 is 2.65 bits per heavy atom. The highest BCUT2D eigenvalue weighted by Gasteiger charge is 2.26. The number of fused-ring (bicyclic) bond motifs is 1. The molecule has 3 aromatic rings. The van der Waals surface area contributed by atoms with Gasteiger partial charge in [-0.15, -0.1) is 11.3 Å². The summed E-state index contributed by atoms with van der Waals surface area (Å²) in [5.74, 6) is -0.0440. The average molecular weight is 440 g/mol. The average Bonchev–Trinajstić information content (AvgIpc) is 3.26. The number of piperidine rings is 1. The van der Waals surface area contributed by atoms with Crippen LogP contribution >= 0.6 is 11.3 Å². The molecule has 0 bridgehead atoms. The molecule has 0 unspecified atom stereocenters. The lowest BCUT2D eigenvalue weighted by Crippen LogP contribution is -2.47. The topological polar surface area (TPSA) is 64.3 Å². The number of carbonyl (C=O) groups excluding carboxylic acids is 1. The number of hydrogen-bond acceptors (Lipinski definition) is 4. The molecule has 0 saturated carbocycles. The van der Waals surface area contributed by atoms with Gasteiger partial charge in [0.25, 0.3) is 5.56 Å². The lowest BCUT2D eigenvalue weighted by atomic mass is 10.00. The number of amides is 1. The van der Waals surface area contributed by atoms with E-state index in [1.165, 1.54) is 26.0 Å². The Kier molecular flexibility index (Phi) is 6.14. The molecule has 164 valence electrons. The molecule has 1 amide bonds. The van der Waals surface area contributed by atoms with Gasteiger partial charge in [-0.1, -0.05) is 25.1 Å². The molecule has 0 aliphatic carbocycles. The summed E-state index contributed by atoms with van der Waals surface area (Å²) in [6.07, 6.45) is 4.06. The van der Waals surface area contributed by atoms with Crippen molar-refractivity contribution in [1.82, 2.24) is 14.0 Å². The van der Waals surface area contributed by atoms with E-state index in [4.69, 9.17) is 0 Å². The van der Waals surface area contributed by atoms with E-state index < -0.39 is 5.69 Å². The maximum absolute atomic E-state index is 13.4. The molecule has 1 aliphatic heterocycles. The first-order valence-corrected chi connectivity index (χ1v) is 11.8. The minimum absolute atomic E-state index is 0.0320. The monoisotopic (exact) mass is 439 g/mol. The molecule has 0 N–H and O–H groups in total. The van der Waals surface area contributed by atoms with Crippen LogP contribution in [0.1, 0.15) is 49.3 Å². The molecule has 1 atom stereocenters. The maximum Gasteiger partial charge on any atom is 0.332 e. The quantitative estimate of drug-likeness (QED) is 0.609. The number of likely N-dealkylation sites (tertiary alicyclic amines) is 1. The van der Waals surface area contributed by atoms with E-state index in [2.05, 4.69) is 6.92 Å². The van der Waals surface area contributed by atoms with Crippen LogP contribution in [0.2, 0.25) is 0 Å². The predicted octanol–water partition coefficient (Wildman–Crippen LogP) is 3.68. The van der Waals surface area contributed by atoms with E-state index in [1.54, 1.807) is 6.07 Å². The molecule has 3 heterocycles. The van der Waals surface area contributed by atoms with E-state index in [0.717, 1.165) is 43.4 Å². The first-order chi connectivity index (χ1) is 14.9. The van der Waals surface area contributed by atoms with E-state index >= 15 is 0 Å². The first-order valence-electron chi connectivity index (χ1n) is 11.0. The lowest BCUT2D eigenvalue weighted by molar-refractivity contribution is -0.135. The number of thiophene rings is 1. The summed E-state index contributed by atoms with van der Waals surface area (Å²) >= 11 is 1.32. The minimum Gasteiger partial charge on any atom is -0.338 e. The number of aromatic nitrogens is 2. The second-order valence-electron chi connectivity index (χ2n) is 8.46. The van der Waals surface area contributed by atoms with Crippen LogP contribution in [0.4, 0.5) is 0 Å². The van der Waals surface area contributed by atoms with E-state index in [9.17, 15) is 14.4 Å². The zero-order chi connectivity index (χ0) is 22.1. The number of hydrogen-bond donors (Lipinski definition) is 0. The SMILES string of the molecule is CC[C@@H]1CCCCN1C(=O)Cn1c(=O)n(Cc2ccc(C)c(C)c2)c(=O)c2sccc21. The molecule has 4 rings (SSSR count). The molecular formula is C24H29N3O3S. The molecule has 1 saturated heterocycles. The van der Waals surface area contributed by atoms with Crippen molar-refractivity contribution in [3.05, 3.63) is 67.2 Å². The Labute approximate surface area is 185 Å². The first kappa shape index (κ1) is 21.6. The van der Waals surface area contributed by atoms with E-state index in [-0.39, 0.29) is 30.6 Å². The van der Waals surface area contributed by atoms with Gasteiger partial charge in [0.2, 0.25) is 5.91 Å². The van der Waals surface area contributed by atoms with Crippen molar-refractivity contribution in [2.24, 2.45) is 0 Å². The van der Waals surface area contributed by atoms with E-state index in [0.29, 0.717) is 10.2 Å².